The van der Waals surface area contributed by atoms with E-state index in [0.717, 1.165) is 24.3 Å². The normalized spacial score (nSPS) is 15.3. The molecule has 0 saturated heterocycles. The number of carbonyl (C=O) groups is 10. The highest BCUT2D eigenvalue weighted by atomic mass is 16.7. The lowest BCUT2D eigenvalue weighted by Gasteiger charge is -2.27. The van der Waals surface area contributed by atoms with Crippen LogP contribution >= 0.6 is 0 Å². The first-order valence-corrected chi connectivity index (χ1v) is 12.5. The highest BCUT2D eigenvalue weighted by Crippen LogP contribution is 2.06. The Hall–Kier alpha value is -5.42. The predicted molar refractivity (Wildman–Crippen MR) is 134 cm³/mol. The summed E-state index contributed by atoms with van der Waals surface area (Å²) in [7, 11) is 0. The first-order valence-electron chi connectivity index (χ1n) is 12.5. The zero-order valence-electron chi connectivity index (χ0n) is 22.5. The Kier molecular flexibility index (Phi) is 12.0. The minimum Gasteiger partial charge on any atom is -0.341 e. The van der Waals surface area contributed by atoms with E-state index < -0.39 is 84.4 Å². The fourth-order valence-corrected chi connectivity index (χ4v) is 3.35. The van der Waals surface area contributed by atoms with Crippen molar-refractivity contribution in [1.29, 1.82) is 0 Å². The van der Waals surface area contributed by atoms with Crippen molar-refractivity contribution in [2.24, 2.45) is 0 Å². The van der Waals surface area contributed by atoms with Gasteiger partial charge in [0, 0.05) is 37.1 Å². The second-order valence-electron chi connectivity index (χ2n) is 8.66. The van der Waals surface area contributed by atoms with Crippen LogP contribution in [0.5, 0.6) is 0 Å². The molecular formula is C24H28N6O12. The van der Waals surface area contributed by atoms with Crippen LogP contribution in [0.4, 0.5) is 0 Å². The van der Waals surface area contributed by atoms with E-state index in [9.17, 15) is 47.9 Å². The summed E-state index contributed by atoms with van der Waals surface area (Å²) in [6.07, 6.45) is 4.01. The number of rotatable bonds is 13. The van der Waals surface area contributed by atoms with Gasteiger partial charge in [0.15, 0.2) is 0 Å². The van der Waals surface area contributed by atoms with E-state index in [1.807, 2.05) is 0 Å². The van der Waals surface area contributed by atoms with Gasteiger partial charge in [-0.1, -0.05) is 13.8 Å². The summed E-state index contributed by atoms with van der Waals surface area (Å²) in [5.41, 5.74) is 3.47. The molecule has 226 valence electrons. The molecule has 2 rings (SSSR count). The molecule has 0 saturated carbocycles. The third kappa shape index (κ3) is 9.35. The number of nitrogens with zero attached hydrogens (tertiary/aromatic N) is 2. The summed E-state index contributed by atoms with van der Waals surface area (Å²) in [5, 5.41) is 4.12. The van der Waals surface area contributed by atoms with Crippen LogP contribution in [0.15, 0.2) is 24.3 Å². The van der Waals surface area contributed by atoms with Crippen LogP contribution in [-0.2, 0) is 57.6 Å². The van der Waals surface area contributed by atoms with E-state index in [1.165, 1.54) is 0 Å². The van der Waals surface area contributed by atoms with E-state index in [1.54, 1.807) is 24.8 Å². The molecule has 0 aromatic rings. The molecule has 42 heavy (non-hydrogen) atoms. The molecule has 18 nitrogen and oxygen atoms in total. The maximum Gasteiger partial charge on any atom is 0.332 e. The van der Waals surface area contributed by atoms with Gasteiger partial charge < -0.3 is 20.3 Å². The summed E-state index contributed by atoms with van der Waals surface area (Å²) >= 11 is 0. The standard InChI is InChI=1S/C24H28N6O12/c1-3-5-19(37)41-27-23(39)21(25-13(31)11-29-15(33)7-8-16(29)34)22(24(40)28-42-20(38)6-4-2)26-14(32)12-30-17(35)9-10-18(30)36/h7-10,21-22H,3-6,11-12H2,1-2H3,(H,25,31)(H,26,32)(H,27,39)(H,28,40). The van der Waals surface area contributed by atoms with Crippen molar-refractivity contribution >= 4 is 59.2 Å². The van der Waals surface area contributed by atoms with E-state index in [2.05, 4.69) is 20.3 Å². The van der Waals surface area contributed by atoms with Crippen molar-refractivity contribution in [1.82, 2.24) is 31.4 Å². The van der Waals surface area contributed by atoms with Crippen molar-refractivity contribution in [3.63, 3.8) is 0 Å². The second kappa shape index (κ2) is 15.4. The topological polar surface area (TPSA) is 244 Å². The maximum atomic E-state index is 13.0. The Morgan fingerprint density at radius 3 is 1.21 bits per heavy atom. The van der Waals surface area contributed by atoms with Crippen molar-refractivity contribution in [3.05, 3.63) is 24.3 Å². The molecule has 2 atom stereocenters. The third-order valence-electron chi connectivity index (χ3n) is 5.37. The molecule has 0 radical (unpaired) electrons. The molecule has 18 heteroatoms. The van der Waals surface area contributed by atoms with Crippen LogP contribution < -0.4 is 21.6 Å². The number of carbonyl (C=O) groups excluding carboxylic acids is 10. The van der Waals surface area contributed by atoms with Gasteiger partial charge in [0.25, 0.3) is 35.4 Å². The smallest absolute Gasteiger partial charge is 0.332 e. The fourth-order valence-electron chi connectivity index (χ4n) is 3.35. The molecule has 2 aliphatic heterocycles. The summed E-state index contributed by atoms with van der Waals surface area (Å²) < 4.78 is 0. The number of hydrogen-bond acceptors (Lipinski definition) is 12. The molecular weight excluding hydrogens is 564 g/mol. The van der Waals surface area contributed by atoms with Crippen molar-refractivity contribution < 1.29 is 57.6 Å². The number of nitrogens with one attached hydrogen (secondary N) is 4. The van der Waals surface area contributed by atoms with E-state index in [4.69, 9.17) is 0 Å². The van der Waals surface area contributed by atoms with Gasteiger partial charge in [-0.25, -0.2) is 9.59 Å². The highest BCUT2D eigenvalue weighted by molar-refractivity contribution is 6.15. The molecule has 0 fully saturated rings. The van der Waals surface area contributed by atoms with Crippen molar-refractivity contribution in [2.45, 2.75) is 51.6 Å². The lowest BCUT2D eigenvalue weighted by Crippen LogP contribution is -2.65. The van der Waals surface area contributed by atoms with Crippen LogP contribution in [0.2, 0.25) is 0 Å². The summed E-state index contributed by atoms with van der Waals surface area (Å²) in [6, 6.07) is -4.27. The zero-order chi connectivity index (χ0) is 31.4. The summed E-state index contributed by atoms with van der Waals surface area (Å²) in [4.78, 5) is 133. The van der Waals surface area contributed by atoms with E-state index in [-0.39, 0.29) is 12.8 Å². The Labute approximate surface area is 237 Å². The molecule has 0 aromatic carbocycles. The first-order chi connectivity index (χ1) is 19.9. The average Bonchev–Trinajstić information content (AvgIpc) is 3.42. The highest BCUT2D eigenvalue weighted by Gasteiger charge is 2.39. The van der Waals surface area contributed by atoms with Crippen molar-refractivity contribution in [2.75, 3.05) is 13.1 Å². The fraction of sp³-hybridized carbons (Fsp3) is 0.417. The average molecular weight is 593 g/mol. The molecule has 0 aliphatic carbocycles. The van der Waals surface area contributed by atoms with Crippen LogP contribution in [0.3, 0.4) is 0 Å². The summed E-state index contributed by atoms with van der Waals surface area (Å²) in [6.45, 7) is 1.45. The molecule has 2 unspecified atom stereocenters. The molecule has 8 amide bonds. The first kappa shape index (κ1) is 32.8. The number of imide groups is 2. The second-order valence-corrected chi connectivity index (χ2v) is 8.66. The lowest BCUT2D eigenvalue weighted by atomic mass is 10.1. The SMILES string of the molecule is CCCC(=O)ONC(=O)C(NC(=O)CN1C(=O)C=CC1=O)C(NC(=O)CN1C(=O)C=CC1=O)C(=O)NOC(=O)CCC. The number of hydroxylamine groups is 2. The maximum absolute atomic E-state index is 13.0. The van der Waals surface area contributed by atoms with Gasteiger partial charge in [0.05, 0.1) is 0 Å². The lowest BCUT2D eigenvalue weighted by molar-refractivity contribution is -0.162. The molecule has 4 N–H and O–H groups in total. The van der Waals surface area contributed by atoms with Gasteiger partial charge >= 0.3 is 11.9 Å². The number of amides is 8. The molecule has 0 spiro atoms. The van der Waals surface area contributed by atoms with E-state index in [0.29, 0.717) is 22.6 Å². The summed E-state index contributed by atoms with van der Waals surface area (Å²) in [5.74, 6) is -10.3. The predicted octanol–water partition coefficient (Wildman–Crippen LogP) is -3.44. The largest absolute Gasteiger partial charge is 0.341 e. The van der Waals surface area contributed by atoms with Gasteiger partial charge in [0.1, 0.15) is 25.2 Å². The van der Waals surface area contributed by atoms with Gasteiger partial charge in [-0.05, 0) is 12.8 Å². The Balaban J connectivity index is 2.33. The Bertz CT molecular complexity index is 1110. The van der Waals surface area contributed by atoms with E-state index >= 15 is 0 Å². The van der Waals surface area contributed by atoms with Gasteiger partial charge in [0.2, 0.25) is 11.8 Å². The van der Waals surface area contributed by atoms with Gasteiger partial charge in [-0.15, -0.1) is 0 Å². The zero-order valence-corrected chi connectivity index (χ0v) is 22.5. The molecule has 0 aromatic heterocycles. The minimum atomic E-state index is -2.13. The van der Waals surface area contributed by atoms with Crippen LogP contribution in [0, 0.1) is 0 Å². The number of hydrogen-bond donors (Lipinski definition) is 4. The molecule has 2 aliphatic rings. The monoisotopic (exact) mass is 592 g/mol. The minimum absolute atomic E-state index is 0.122. The Morgan fingerprint density at radius 2 is 0.929 bits per heavy atom. The van der Waals surface area contributed by atoms with Crippen molar-refractivity contribution in [3.8, 4) is 0 Å². The third-order valence-corrected chi connectivity index (χ3v) is 5.37. The quantitative estimate of drug-likeness (QED) is 0.121. The molecule has 2 heterocycles. The Morgan fingerprint density at radius 1 is 0.619 bits per heavy atom. The van der Waals surface area contributed by atoms with Crippen LogP contribution in [-0.4, -0.2) is 94.2 Å². The van der Waals surface area contributed by atoms with Gasteiger partial charge in [-0.3, -0.25) is 48.2 Å². The van der Waals surface area contributed by atoms with Gasteiger partial charge in [-0.2, -0.15) is 11.0 Å². The molecule has 0 bridgehead atoms. The van der Waals surface area contributed by atoms with Crippen LogP contribution in [0.1, 0.15) is 39.5 Å². The van der Waals surface area contributed by atoms with Crippen LogP contribution in [0.25, 0.3) is 0 Å².